The summed E-state index contributed by atoms with van der Waals surface area (Å²) in [6, 6.07) is 5.59. The van der Waals surface area contributed by atoms with E-state index in [0.29, 0.717) is 12.4 Å². The zero-order valence-electron chi connectivity index (χ0n) is 13.8. The van der Waals surface area contributed by atoms with E-state index in [1.165, 1.54) is 12.1 Å². The van der Waals surface area contributed by atoms with E-state index in [0.717, 1.165) is 17.5 Å². The van der Waals surface area contributed by atoms with Crippen LogP contribution in [-0.2, 0) is 19.3 Å². The second-order valence-corrected chi connectivity index (χ2v) is 6.87. The Labute approximate surface area is 138 Å². The first kappa shape index (κ1) is 16.5. The van der Waals surface area contributed by atoms with E-state index in [2.05, 4.69) is 15.4 Å². The Kier molecular flexibility index (Phi) is 3.89. The number of benzene rings is 1. The number of rotatable bonds is 2. The van der Waals surface area contributed by atoms with Crippen molar-refractivity contribution < 1.29 is 13.2 Å². The minimum Gasteiger partial charge on any atom is -0.328 e. The largest absolute Gasteiger partial charge is 0.416 e. The Bertz CT molecular complexity index is 782. The topological polar surface area (TPSA) is 42.2 Å². The third kappa shape index (κ3) is 3.16. The van der Waals surface area contributed by atoms with E-state index < -0.39 is 11.7 Å². The number of amidine groups is 1. The minimum atomic E-state index is -4.38. The van der Waals surface area contributed by atoms with Crippen LogP contribution in [0.3, 0.4) is 0 Å². The average Bonchev–Trinajstić information content (AvgIpc) is 2.88. The van der Waals surface area contributed by atoms with Crippen LogP contribution in [0.2, 0.25) is 0 Å². The van der Waals surface area contributed by atoms with Crippen molar-refractivity contribution >= 4 is 11.7 Å². The molecule has 128 valence electrons. The summed E-state index contributed by atoms with van der Waals surface area (Å²) < 4.78 is 41.1. The molecule has 0 aliphatic carbocycles. The lowest BCUT2D eigenvalue weighted by Gasteiger charge is -2.26. The molecule has 1 aliphatic heterocycles. The predicted molar refractivity (Wildman–Crippen MR) is 87.0 cm³/mol. The smallest absolute Gasteiger partial charge is 0.328 e. The van der Waals surface area contributed by atoms with Gasteiger partial charge in [0, 0.05) is 11.0 Å². The molecule has 0 fully saturated rings. The number of nitrogens with one attached hydrogen (secondary N) is 1. The fourth-order valence-electron chi connectivity index (χ4n) is 2.64. The molecule has 2 aromatic rings. The molecule has 1 N–H and O–H groups in total. The van der Waals surface area contributed by atoms with Crippen molar-refractivity contribution in [3.05, 3.63) is 47.2 Å². The SMILES string of the molecule is CC(C)(C)C1=NCc2cnn(Cc3ccccc3C(F)(F)F)c2N1. The Morgan fingerprint density at radius 1 is 1.17 bits per heavy atom. The molecule has 0 spiro atoms. The first-order valence-electron chi connectivity index (χ1n) is 7.68. The normalized spacial score (nSPS) is 14.8. The third-order valence-electron chi connectivity index (χ3n) is 3.91. The fourth-order valence-corrected chi connectivity index (χ4v) is 2.64. The maximum absolute atomic E-state index is 13.2. The van der Waals surface area contributed by atoms with Gasteiger partial charge >= 0.3 is 6.18 Å². The fraction of sp³-hybridized carbons (Fsp3) is 0.412. The number of aromatic nitrogens is 2. The molecule has 2 heterocycles. The standard InChI is InChI=1S/C17H19F3N4/c1-16(2,3)15-21-8-12-9-22-24(14(12)23-15)10-11-6-4-5-7-13(11)17(18,19)20/h4-7,9H,8,10H2,1-3H3,(H,21,23). The number of halogens is 3. The van der Waals surface area contributed by atoms with E-state index in [4.69, 9.17) is 0 Å². The quantitative estimate of drug-likeness (QED) is 0.887. The molecule has 0 saturated heterocycles. The molecule has 1 aromatic carbocycles. The highest BCUT2D eigenvalue weighted by molar-refractivity contribution is 6.00. The summed E-state index contributed by atoms with van der Waals surface area (Å²) in [4.78, 5) is 4.49. The van der Waals surface area contributed by atoms with Crippen LogP contribution in [0.15, 0.2) is 35.5 Å². The van der Waals surface area contributed by atoms with Gasteiger partial charge in [-0.2, -0.15) is 18.3 Å². The van der Waals surface area contributed by atoms with Crippen molar-refractivity contribution in [2.24, 2.45) is 10.4 Å². The Balaban J connectivity index is 1.92. The van der Waals surface area contributed by atoms with Gasteiger partial charge in [-0.05, 0) is 11.6 Å². The maximum atomic E-state index is 13.2. The molecular formula is C17H19F3N4. The van der Waals surface area contributed by atoms with Crippen LogP contribution in [0, 0.1) is 5.41 Å². The Hall–Kier alpha value is -2.31. The molecule has 0 unspecified atom stereocenters. The number of hydrogen-bond acceptors (Lipinski definition) is 3. The van der Waals surface area contributed by atoms with Crippen LogP contribution in [0.4, 0.5) is 19.0 Å². The van der Waals surface area contributed by atoms with Crippen LogP contribution in [0.25, 0.3) is 0 Å². The maximum Gasteiger partial charge on any atom is 0.416 e. The van der Waals surface area contributed by atoms with Crippen LogP contribution < -0.4 is 5.32 Å². The van der Waals surface area contributed by atoms with E-state index in [9.17, 15) is 13.2 Å². The molecule has 3 rings (SSSR count). The number of nitrogens with zero attached hydrogens (tertiary/aromatic N) is 3. The summed E-state index contributed by atoms with van der Waals surface area (Å²) in [7, 11) is 0. The molecule has 24 heavy (non-hydrogen) atoms. The number of aliphatic imine (C=N–C) groups is 1. The van der Waals surface area contributed by atoms with Gasteiger partial charge in [-0.1, -0.05) is 39.0 Å². The third-order valence-corrected chi connectivity index (χ3v) is 3.91. The van der Waals surface area contributed by atoms with Gasteiger partial charge in [-0.15, -0.1) is 0 Å². The van der Waals surface area contributed by atoms with Crippen LogP contribution in [-0.4, -0.2) is 15.6 Å². The highest BCUT2D eigenvalue weighted by Gasteiger charge is 2.33. The molecule has 1 aliphatic rings. The summed E-state index contributed by atoms with van der Waals surface area (Å²) in [6.45, 7) is 6.63. The van der Waals surface area contributed by atoms with Crippen molar-refractivity contribution in [1.82, 2.24) is 9.78 Å². The highest BCUT2D eigenvalue weighted by Crippen LogP contribution is 2.33. The first-order chi connectivity index (χ1) is 11.2. The van der Waals surface area contributed by atoms with Gasteiger partial charge in [-0.3, -0.25) is 4.99 Å². The zero-order valence-corrected chi connectivity index (χ0v) is 13.8. The summed E-state index contributed by atoms with van der Waals surface area (Å²) >= 11 is 0. The molecule has 4 nitrogen and oxygen atoms in total. The summed E-state index contributed by atoms with van der Waals surface area (Å²) in [6.07, 6.45) is -2.73. The van der Waals surface area contributed by atoms with Crippen molar-refractivity contribution in [3.63, 3.8) is 0 Å². The molecule has 0 amide bonds. The molecule has 0 radical (unpaired) electrons. The van der Waals surface area contributed by atoms with Crippen LogP contribution >= 0.6 is 0 Å². The van der Waals surface area contributed by atoms with E-state index in [1.54, 1.807) is 16.9 Å². The van der Waals surface area contributed by atoms with Gasteiger partial charge in [0.25, 0.3) is 0 Å². The summed E-state index contributed by atoms with van der Waals surface area (Å²) in [5.74, 6) is 1.52. The summed E-state index contributed by atoms with van der Waals surface area (Å²) in [5, 5.41) is 7.48. The van der Waals surface area contributed by atoms with Crippen molar-refractivity contribution in [2.75, 3.05) is 5.32 Å². The van der Waals surface area contributed by atoms with Gasteiger partial charge < -0.3 is 5.32 Å². The van der Waals surface area contributed by atoms with Crippen molar-refractivity contribution in [3.8, 4) is 0 Å². The lowest BCUT2D eigenvalue weighted by molar-refractivity contribution is -0.138. The van der Waals surface area contributed by atoms with Gasteiger partial charge in [0.05, 0.1) is 24.8 Å². The molecule has 0 bridgehead atoms. The second-order valence-electron chi connectivity index (χ2n) is 6.87. The second kappa shape index (κ2) is 5.65. The van der Waals surface area contributed by atoms with Gasteiger partial charge in [-0.25, -0.2) is 4.68 Å². The molecule has 7 heteroatoms. The van der Waals surface area contributed by atoms with Gasteiger partial charge in [0.15, 0.2) is 0 Å². The Morgan fingerprint density at radius 3 is 2.54 bits per heavy atom. The highest BCUT2D eigenvalue weighted by atomic mass is 19.4. The minimum absolute atomic E-state index is 0.0510. The lowest BCUT2D eigenvalue weighted by atomic mass is 9.94. The Morgan fingerprint density at radius 2 is 1.88 bits per heavy atom. The van der Waals surface area contributed by atoms with E-state index in [-0.39, 0.29) is 17.5 Å². The molecular weight excluding hydrogens is 317 g/mol. The van der Waals surface area contributed by atoms with Crippen molar-refractivity contribution in [2.45, 2.75) is 40.0 Å². The lowest BCUT2D eigenvalue weighted by Crippen LogP contribution is -2.32. The number of alkyl halides is 3. The molecule has 0 saturated carbocycles. The van der Waals surface area contributed by atoms with E-state index >= 15 is 0 Å². The average molecular weight is 336 g/mol. The van der Waals surface area contributed by atoms with E-state index in [1.807, 2.05) is 20.8 Å². The number of anilines is 1. The number of hydrogen-bond donors (Lipinski definition) is 1. The van der Waals surface area contributed by atoms with Crippen LogP contribution in [0.1, 0.15) is 37.5 Å². The molecule has 0 atom stereocenters. The summed E-state index contributed by atoms with van der Waals surface area (Å²) in [5.41, 5.74) is 0.274. The predicted octanol–water partition coefficient (Wildman–Crippen LogP) is 4.32. The van der Waals surface area contributed by atoms with Crippen LogP contribution in [0.5, 0.6) is 0 Å². The monoisotopic (exact) mass is 336 g/mol. The van der Waals surface area contributed by atoms with Gasteiger partial charge in [0.2, 0.25) is 0 Å². The van der Waals surface area contributed by atoms with Gasteiger partial charge in [0.1, 0.15) is 11.7 Å². The zero-order chi connectivity index (χ0) is 17.5. The van der Waals surface area contributed by atoms with Crippen molar-refractivity contribution in [1.29, 1.82) is 0 Å². The first-order valence-corrected chi connectivity index (χ1v) is 7.68. The number of fused-ring (bicyclic) bond motifs is 1. The molecule has 1 aromatic heterocycles.